The average Bonchev–Trinajstić information content (AvgIpc) is 2.85. The third kappa shape index (κ3) is 3.04. The van der Waals surface area contributed by atoms with E-state index in [1.54, 1.807) is 0 Å². The fourth-order valence-electron chi connectivity index (χ4n) is 2.93. The summed E-state index contributed by atoms with van der Waals surface area (Å²) in [7, 11) is 0. The monoisotopic (exact) mass is 325 g/mol. The number of nitrogen functional groups attached to an aromatic ring is 1. The molecule has 0 saturated carbocycles. The molecule has 0 aliphatic carbocycles. The van der Waals surface area contributed by atoms with E-state index in [1.807, 2.05) is 18.2 Å². The Morgan fingerprint density at radius 3 is 3.21 bits per heavy atom. The Labute approximate surface area is 122 Å². The molecular weight excluding hydrogens is 306 g/mol. The molecule has 0 aromatic heterocycles. The molecular formula is C14H20BrN3O. The molecule has 1 aromatic carbocycles. The molecule has 4 nitrogen and oxygen atoms in total. The fraction of sp³-hybridized carbons (Fsp3) is 0.571. The largest absolute Gasteiger partial charge is 0.397 e. The second-order valence-corrected chi connectivity index (χ2v) is 6.27. The highest BCUT2D eigenvalue weighted by molar-refractivity contribution is 9.10. The van der Waals surface area contributed by atoms with E-state index in [4.69, 9.17) is 10.5 Å². The number of nitrogens with one attached hydrogen (secondary N) is 1. The van der Waals surface area contributed by atoms with Gasteiger partial charge in [-0.05, 0) is 37.6 Å². The number of nitrogens with zero attached hydrogens (tertiary/aromatic N) is 1. The first-order chi connectivity index (χ1) is 9.22. The molecule has 2 aliphatic heterocycles. The first kappa shape index (κ1) is 13.2. The van der Waals surface area contributed by atoms with Crippen LogP contribution < -0.4 is 11.1 Å². The van der Waals surface area contributed by atoms with Crippen molar-refractivity contribution >= 4 is 27.3 Å². The molecule has 104 valence electrons. The van der Waals surface area contributed by atoms with Crippen LogP contribution in [0.4, 0.5) is 11.4 Å². The summed E-state index contributed by atoms with van der Waals surface area (Å²) in [6.45, 7) is 3.95. The highest BCUT2D eigenvalue weighted by Crippen LogP contribution is 2.25. The minimum Gasteiger partial charge on any atom is -0.397 e. The topological polar surface area (TPSA) is 50.5 Å². The van der Waals surface area contributed by atoms with Gasteiger partial charge in [0.25, 0.3) is 0 Å². The summed E-state index contributed by atoms with van der Waals surface area (Å²) in [6.07, 6.45) is 2.87. The van der Waals surface area contributed by atoms with Crippen LogP contribution in [0.25, 0.3) is 0 Å². The van der Waals surface area contributed by atoms with Crippen LogP contribution in [0.1, 0.15) is 12.8 Å². The molecule has 0 spiro atoms. The van der Waals surface area contributed by atoms with Gasteiger partial charge in [-0.15, -0.1) is 0 Å². The van der Waals surface area contributed by atoms with Crippen molar-refractivity contribution in [1.29, 1.82) is 0 Å². The van der Waals surface area contributed by atoms with Crippen molar-refractivity contribution < 1.29 is 4.74 Å². The van der Waals surface area contributed by atoms with Crippen molar-refractivity contribution in [3.8, 4) is 0 Å². The van der Waals surface area contributed by atoms with Gasteiger partial charge in [-0.1, -0.05) is 15.9 Å². The van der Waals surface area contributed by atoms with E-state index in [-0.39, 0.29) is 6.10 Å². The van der Waals surface area contributed by atoms with Gasteiger partial charge in [0.15, 0.2) is 0 Å². The predicted molar refractivity (Wildman–Crippen MR) is 81.4 cm³/mol. The zero-order chi connectivity index (χ0) is 13.2. The smallest absolute Gasteiger partial charge is 0.0874 e. The highest BCUT2D eigenvalue weighted by Gasteiger charge is 2.31. The van der Waals surface area contributed by atoms with Crippen LogP contribution in [0.3, 0.4) is 0 Å². The molecule has 2 atom stereocenters. The summed E-state index contributed by atoms with van der Waals surface area (Å²) in [4.78, 5) is 2.56. The van der Waals surface area contributed by atoms with Crippen LogP contribution in [0.2, 0.25) is 0 Å². The third-order valence-electron chi connectivity index (χ3n) is 4.00. The molecule has 2 fully saturated rings. The van der Waals surface area contributed by atoms with E-state index in [1.165, 1.54) is 19.4 Å². The lowest BCUT2D eigenvalue weighted by molar-refractivity contribution is -0.0415. The maximum Gasteiger partial charge on any atom is 0.0874 e. The van der Waals surface area contributed by atoms with Crippen molar-refractivity contribution in [2.75, 3.05) is 37.3 Å². The number of anilines is 2. The molecule has 0 bridgehead atoms. The molecule has 5 heteroatoms. The number of hydrogen-bond donors (Lipinski definition) is 2. The minimum atomic E-state index is 0.261. The van der Waals surface area contributed by atoms with Gasteiger partial charge < -0.3 is 15.8 Å². The molecule has 3 rings (SSSR count). The van der Waals surface area contributed by atoms with Crippen LogP contribution in [0.5, 0.6) is 0 Å². The standard InChI is InChI=1S/C14H20BrN3O/c15-10-3-4-14(13(16)6-10)17-7-12-8-18-5-1-2-11(18)9-19-12/h3-4,6,11-12,17H,1-2,5,7-9,16H2. The van der Waals surface area contributed by atoms with Crippen LogP contribution >= 0.6 is 15.9 Å². The summed E-state index contributed by atoms with van der Waals surface area (Å²) in [5.41, 5.74) is 7.73. The molecule has 3 N–H and O–H groups in total. The predicted octanol–water partition coefficient (Wildman–Crippen LogP) is 2.31. The average molecular weight is 326 g/mol. The lowest BCUT2D eigenvalue weighted by atomic mass is 10.2. The van der Waals surface area contributed by atoms with Crippen molar-refractivity contribution in [3.05, 3.63) is 22.7 Å². The van der Waals surface area contributed by atoms with Crippen LogP contribution in [0, 0.1) is 0 Å². The third-order valence-corrected chi connectivity index (χ3v) is 4.49. The van der Waals surface area contributed by atoms with E-state index >= 15 is 0 Å². The molecule has 2 saturated heterocycles. The van der Waals surface area contributed by atoms with Crippen molar-refractivity contribution in [3.63, 3.8) is 0 Å². The lowest BCUT2D eigenvalue weighted by Crippen LogP contribution is -2.48. The molecule has 2 heterocycles. The zero-order valence-electron chi connectivity index (χ0n) is 10.9. The second kappa shape index (κ2) is 5.69. The summed E-state index contributed by atoms with van der Waals surface area (Å²) >= 11 is 3.42. The number of benzene rings is 1. The van der Waals surface area contributed by atoms with Gasteiger partial charge in [-0.25, -0.2) is 0 Å². The summed E-state index contributed by atoms with van der Waals surface area (Å²) in [5.74, 6) is 0. The maximum absolute atomic E-state index is 5.98. The van der Waals surface area contributed by atoms with Gasteiger partial charge >= 0.3 is 0 Å². The molecule has 0 amide bonds. The number of hydrogen-bond acceptors (Lipinski definition) is 4. The molecule has 19 heavy (non-hydrogen) atoms. The van der Waals surface area contributed by atoms with Crippen molar-refractivity contribution in [2.45, 2.75) is 25.0 Å². The zero-order valence-corrected chi connectivity index (χ0v) is 12.5. The highest BCUT2D eigenvalue weighted by atomic mass is 79.9. The number of halogens is 1. The Bertz CT molecular complexity index is 454. The van der Waals surface area contributed by atoms with Crippen LogP contribution in [-0.2, 0) is 4.74 Å². The van der Waals surface area contributed by atoms with E-state index in [0.29, 0.717) is 6.04 Å². The van der Waals surface area contributed by atoms with Crippen molar-refractivity contribution in [1.82, 2.24) is 4.90 Å². The van der Waals surface area contributed by atoms with Gasteiger partial charge in [-0.2, -0.15) is 0 Å². The Morgan fingerprint density at radius 1 is 1.47 bits per heavy atom. The maximum atomic E-state index is 5.98. The second-order valence-electron chi connectivity index (χ2n) is 5.36. The van der Waals surface area contributed by atoms with E-state index in [9.17, 15) is 0 Å². The Hall–Kier alpha value is -0.780. The van der Waals surface area contributed by atoms with E-state index in [2.05, 4.69) is 26.1 Å². The fourth-order valence-corrected chi connectivity index (χ4v) is 3.31. The number of fused-ring (bicyclic) bond motifs is 1. The number of morpholine rings is 1. The van der Waals surface area contributed by atoms with E-state index < -0.39 is 0 Å². The summed E-state index contributed by atoms with van der Waals surface area (Å²) < 4.78 is 6.93. The number of nitrogens with two attached hydrogens (primary N) is 1. The van der Waals surface area contributed by atoms with Crippen molar-refractivity contribution in [2.24, 2.45) is 0 Å². The summed E-state index contributed by atoms with van der Waals surface area (Å²) in [6, 6.07) is 6.58. The van der Waals surface area contributed by atoms with Crippen LogP contribution in [-0.4, -0.2) is 43.3 Å². The Balaban J connectivity index is 1.54. The molecule has 2 aliphatic rings. The van der Waals surface area contributed by atoms with Gasteiger partial charge in [0.1, 0.15) is 0 Å². The first-order valence-electron chi connectivity index (χ1n) is 6.87. The van der Waals surface area contributed by atoms with Gasteiger partial charge in [0, 0.05) is 23.6 Å². The molecule has 2 unspecified atom stereocenters. The normalized spacial score (nSPS) is 27.2. The van der Waals surface area contributed by atoms with Gasteiger partial charge in [0.05, 0.1) is 24.1 Å². The quantitative estimate of drug-likeness (QED) is 0.837. The van der Waals surface area contributed by atoms with E-state index in [0.717, 1.165) is 35.5 Å². The van der Waals surface area contributed by atoms with Gasteiger partial charge in [0.2, 0.25) is 0 Å². The lowest BCUT2D eigenvalue weighted by Gasteiger charge is -2.35. The summed E-state index contributed by atoms with van der Waals surface area (Å²) in [5, 5.41) is 3.39. The Kier molecular flexibility index (Phi) is 3.96. The number of ether oxygens (including phenoxy) is 1. The number of rotatable bonds is 3. The molecule has 1 aromatic rings. The minimum absolute atomic E-state index is 0.261. The Morgan fingerprint density at radius 2 is 2.37 bits per heavy atom. The SMILES string of the molecule is Nc1cc(Br)ccc1NCC1CN2CCCC2CO1. The molecule has 0 radical (unpaired) electrons. The first-order valence-corrected chi connectivity index (χ1v) is 7.66. The van der Waals surface area contributed by atoms with Crippen LogP contribution in [0.15, 0.2) is 22.7 Å². The van der Waals surface area contributed by atoms with Gasteiger partial charge in [-0.3, -0.25) is 4.90 Å².